The Bertz CT molecular complexity index is 997. The maximum absolute atomic E-state index is 8.00. The van der Waals surface area contributed by atoms with Gasteiger partial charge in [-0.1, -0.05) is 98.4 Å². The average molecular weight is 476 g/mol. The average Bonchev–Trinajstić information content (AvgIpc) is 2.89. The minimum absolute atomic E-state index is 1.08. The molecule has 180 valence electrons. The first kappa shape index (κ1) is 30.6. The van der Waals surface area contributed by atoms with Crippen molar-refractivity contribution in [1.29, 1.82) is 0 Å². The van der Waals surface area contributed by atoms with Crippen molar-refractivity contribution >= 4 is 43.2 Å². The van der Waals surface area contributed by atoms with Crippen LogP contribution in [0.25, 0.3) is 12.2 Å². The number of benzene rings is 3. The second kappa shape index (κ2) is 18.1. The van der Waals surface area contributed by atoms with E-state index in [2.05, 4.69) is 93.8 Å². The SMILES string of the molecule is C=Cc1c(NC)cc(Sc2ccccc2)c(C)c1C=C.C=O.C=O.CCCc1ccc(C)cc1. The molecule has 0 radical (unpaired) electrons. The third-order valence-corrected chi connectivity index (χ3v) is 6.09. The van der Waals surface area contributed by atoms with Crippen LogP contribution < -0.4 is 5.32 Å². The van der Waals surface area contributed by atoms with Crippen LogP contribution in [0.15, 0.2) is 83.6 Å². The summed E-state index contributed by atoms with van der Waals surface area (Å²) in [7, 11) is 1.93. The van der Waals surface area contributed by atoms with Crippen molar-refractivity contribution in [3.63, 3.8) is 0 Å². The molecule has 0 saturated heterocycles. The number of hydrogen-bond donors (Lipinski definition) is 1. The molecule has 3 nitrogen and oxygen atoms in total. The molecule has 0 atom stereocenters. The van der Waals surface area contributed by atoms with Gasteiger partial charge in [-0.3, -0.25) is 0 Å². The molecule has 1 N–H and O–H groups in total. The van der Waals surface area contributed by atoms with E-state index in [0.717, 1.165) is 16.8 Å². The Kier molecular flexibility index (Phi) is 16.3. The van der Waals surface area contributed by atoms with Crippen molar-refractivity contribution in [2.24, 2.45) is 0 Å². The minimum atomic E-state index is 1.08. The largest absolute Gasteiger partial charge is 0.388 e. The second-order valence-electron chi connectivity index (χ2n) is 7.18. The summed E-state index contributed by atoms with van der Waals surface area (Å²) >= 11 is 1.77. The van der Waals surface area contributed by atoms with E-state index in [1.165, 1.54) is 39.3 Å². The van der Waals surface area contributed by atoms with Crippen LogP contribution in [0.2, 0.25) is 0 Å². The molecule has 0 heterocycles. The van der Waals surface area contributed by atoms with Crippen molar-refractivity contribution in [2.45, 2.75) is 43.4 Å². The van der Waals surface area contributed by atoms with Gasteiger partial charge in [0.05, 0.1) is 0 Å². The summed E-state index contributed by atoms with van der Waals surface area (Å²) in [5.41, 5.74) is 7.37. The smallest absolute Gasteiger partial charge is 0.106 e. The standard InChI is InChI=1S/C18H19NS.C10H14.2CH2O/c1-5-15-13(3)18(12-17(19-4)16(15)6-2)20-14-10-8-7-9-11-14;1-3-4-10-7-5-9(2)6-8-10;2*1-2/h5-12,19H,1-2H2,3-4H3;5-8H,3-4H2,1-2H3;2*1H2. The van der Waals surface area contributed by atoms with E-state index in [0.29, 0.717) is 0 Å². The quantitative estimate of drug-likeness (QED) is 0.375. The Morgan fingerprint density at radius 2 is 1.41 bits per heavy atom. The highest BCUT2D eigenvalue weighted by molar-refractivity contribution is 7.99. The van der Waals surface area contributed by atoms with Crippen molar-refractivity contribution in [1.82, 2.24) is 0 Å². The van der Waals surface area contributed by atoms with Crippen LogP contribution in [0.5, 0.6) is 0 Å². The fraction of sp³-hybridized carbons (Fsp3) is 0.200. The molecular weight excluding hydrogens is 438 g/mol. The second-order valence-corrected chi connectivity index (χ2v) is 8.30. The normalized spacial score (nSPS) is 9.06. The van der Waals surface area contributed by atoms with Gasteiger partial charge in [0.15, 0.2) is 0 Å². The highest BCUT2D eigenvalue weighted by Gasteiger charge is 2.11. The molecule has 3 aromatic rings. The first-order valence-electron chi connectivity index (χ1n) is 11.0. The third kappa shape index (κ3) is 9.63. The highest BCUT2D eigenvalue weighted by Crippen LogP contribution is 2.37. The first-order chi connectivity index (χ1) is 16.5. The molecular formula is C30H37NO2S. The monoisotopic (exact) mass is 475 g/mol. The summed E-state index contributed by atoms with van der Waals surface area (Å²) in [4.78, 5) is 18.5. The van der Waals surface area contributed by atoms with Gasteiger partial charge in [-0.2, -0.15) is 0 Å². The van der Waals surface area contributed by atoms with Crippen molar-refractivity contribution in [3.8, 4) is 0 Å². The molecule has 0 amide bonds. The van der Waals surface area contributed by atoms with Crippen molar-refractivity contribution in [2.75, 3.05) is 12.4 Å². The molecule has 4 heteroatoms. The molecule has 0 bridgehead atoms. The maximum atomic E-state index is 8.00. The summed E-state index contributed by atoms with van der Waals surface area (Å²) in [6.45, 7) is 18.3. The van der Waals surface area contributed by atoms with E-state index in [1.54, 1.807) is 11.8 Å². The third-order valence-electron chi connectivity index (χ3n) is 4.94. The number of hydrogen-bond acceptors (Lipinski definition) is 4. The Morgan fingerprint density at radius 3 is 1.88 bits per heavy atom. The van der Waals surface area contributed by atoms with Crippen LogP contribution >= 0.6 is 11.8 Å². The molecule has 0 saturated carbocycles. The molecule has 3 rings (SSSR count). The first-order valence-corrected chi connectivity index (χ1v) is 11.8. The highest BCUT2D eigenvalue weighted by atomic mass is 32.2. The topological polar surface area (TPSA) is 46.2 Å². The van der Waals surface area contributed by atoms with Gasteiger partial charge in [0, 0.05) is 28.1 Å². The zero-order valence-corrected chi connectivity index (χ0v) is 21.7. The number of carbonyl (C=O) groups excluding carboxylic acids is 2. The number of aryl methyl sites for hydroxylation is 2. The predicted octanol–water partition coefficient (Wildman–Crippen LogP) is 8.05. The van der Waals surface area contributed by atoms with Gasteiger partial charge in [-0.25, -0.2) is 0 Å². The zero-order chi connectivity index (χ0) is 25.9. The van der Waals surface area contributed by atoms with Crippen LogP contribution in [0.3, 0.4) is 0 Å². The maximum Gasteiger partial charge on any atom is 0.106 e. The summed E-state index contributed by atoms with van der Waals surface area (Å²) in [5.74, 6) is 0. The summed E-state index contributed by atoms with van der Waals surface area (Å²) in [6, 6.07) is 21.3. The molecule has 0 spiro atoms. The van der Waals surface area contributed by atoms with Crippen LogP contribution in [0.4, 0.5) is 5.69 Å². The lowest BCUT2D eigenvalue weighted by atomic mass is 10.00. The fourth-order valence-electron chi connectivity index (χ4n) is 3.25. The van der Waals surface area contributed by atoms with Crippen LogP contribution in [-0.2, 0) is 16.0 Å². The van der Waals surface area contributed by atoms with Crippen molar-refractivity contribution in [3.05, 3.63) is 102 Å². The van der Waals surface area contributed by atoms with E-state index < -0.39 is 0 Å². The van der Waals surface area contributed by atoms with Gasteiger partial charge in [0.25, 0.3) is 0 Å². The predicted molar refractivity (Wildman–Crippen MR) is 151 cm³/mol. The number of anilines is 1. The molecule has 0 unspecified atom stereocenters. The summed E-state index contributed by atoms with van der Waals surface area (Å²) < 4.78 is 0. The van der Waals surface area contributed by atoms with Gasteiger partial charge in [-0.15, -0.1) is 0 Å². The lowest BCUT2D eigenvalue weighted by Gasteiger charge is -2.16. The Hall–Kier alpha value is -3.37. The molecule has 0 aliphatic rings. The van der Waals surface area contributed by atoms with E-state index in [9.17, 15) is 0 Å². The number of rotatable bonds is 7. The molecule has 0 fully saturated rings. The lowest BCUT2D eigenvalue weighted by molar-refractivity contribution is -0.0987. The summed E-state index contributed by atoms with van der Waals surface area (Å²) in [6.07, 6.45) is 6.23. The molecule has 0 aromatic heterocycles. The fourth-order valence-corrected chi connectivity index (χ4v) is 4.24. The van der Waals surface area contributed by atoms with Crippen LogP contribution in [0, 0.1) is 13.8 Å². The van der Waals surface area contributed by atoms with Crippen LogP contribution in [0.1, 0.15) is 41.2 Å². The van der Waals surface area contributed by atoms with Gasteiger partial charge < -0.3 is 14.9 Å². The van der Waals surface area contributed by atoms with E-state index in [1.807, 2.05) is 38.8 Å². The Morgan fingerprint density at radius 1 is 0.853 bits per heavy atom. The van der Waals surface area contributed by atoms with Crippen molar-refractivity contribution < 1.29 is 9.59 Å². The Labute approximate surface area is 210 Å². The van der Waals surface area contributed by atoms with E-state index >= 15 is 0 Å². The van der Waals surface area contributed by atoms with E-state index in [4.69, 9.17) is 9.59 Å². The number of carbonyl (C=O) groups is 2. The van der Waals surface area contributed by atoms with Gasteiger partial charge in [-0.05, 0) is 55.2 Å². The van der Waals surface area contributed by atoms with Gasteiger partial charge >= 0.3 is 0 Å². The number of nitrogens with one attached hydrogen (secondary N) is 1. The molecule has 0 aliphatic heterocycles. The molecule has 34 heavy (non-hydrogen) atoms. The summed E-state index contributed by atoms with van der Waals surface area (Å²) in [5, 5.41) is 3.24. The zero-order valence-electron chi connectivity index (χ0n) is 20.9. The van der Waals surface area contributed by atoms with Gasteiger partial charge in [0.2, 0.25) is 0 Å². The molecule has 3 aromatic carbocycles. The lowest BCUT2D eigenvalue weighted by Crippen LogP contribution is -1.98. The Balaban J connectivity index is 0.000000653. The van der Waals surface area contributed by atoms with Gasteiger partial charge in [0.1, 0.15) is 13.6 Å². The van der Waals surface area contributed by atoms with E-state index in [-0.39, 0.29) is 0 Å². The minimum Gasteiger partial charge on any atom is -0.388 e. The molecule has 0 aliphatic carbocycles. The van der Waals surface area contributed by atoms with Crippen LogP contribution in [-0.4, -0.2) is 20.6 Å².